The molecule has 3 aromatic rings. The van der Waals surface area contributed by atoms with E-state index < -0.39 is 0 Å². The lowest BCUT2D eigenvalue weighted by Gasteiger charge is -2.08. The van der Waals surface area contributed by atoms with Gasteiger partial charge < -0.3 is 9.30 Å². The second-order valence-electron chi connectivity index (χ2n) is 4.56. The Kier molecular flexibility index (Phi) is 3.00. The van der Waals surface area contributed by atoms with E-state index >= 15 is 0 Å². The summed E-state index contributed by atoms with van der Waals surface area (Å²) in [4.78, 5) is 0. The first-order valence-corrected chi connectivity index (χ1v) is 6.56. The molecule has 19 heavy (non-hydrogen) atoms. The Labute approximate surface area is 113 Å². The first-order chi connectivity index (χ1) is 9.33. The minimum Gasteiger partial charge on any atom is -0.497 e. The van der Waals surface area contributed by atoms with E-state index in [1.807, 2.05) is 12.1 Å². The molecular formula is C17H17NO. The number of methoxy groups -OCH3 is 1. The van der Waals surface area contributed by atoms with Gasteiger partial charge in [0, 0.05) is 23.1 Å². The van der Waals surface area contributed by atoms with Crippen LogP contribution in [0.5, 0.6) is 5.75 Å². The number of hydrogen-bond acceptors (Lipinski definition) is 1. The van der Waals surface area contributed by atoms with E-state index in [0.29, 0.717) is 0 Å². The molecule has 1 aromatic heterocycles. The maximum atomic E-state index is 5.21. The summed E-state index contributed by atoms with van der Waals surface area (Å²) in [5.41, 5.74) is 3.76. The zero-order chi connectivity index (χ0) is 13.2. The monoisotopic (exact) mass is 251 g/mol. The number of rotatable bonds is 3. The van der Waals surface area contributed by atoms with Crippen molar-refractivity contribution in [2.75, 3.05) is 7.11 Å². The van der Waals surface area contributed by atoms with Crippen LogP contribution in [0.25, 0.3) is 22.2 Å². The van der Waals surface area contributed by atoms with Crippen LogP contribution in [0.2, 0.25) is 0 Å². The van der Waals surface area contributed by atoms with Crippen LogP contribution in [0.1, 0.15) is 6.92 Å². The van der Waals surface area contributed by atoms with E-state index in [4.69, 9.17) is 4.74 Å². The number of hydrogen-bond donors (Lipinski definition) is 0. The summed E-state index contributed by atoms with van der Waals surface area (Å²) in [6.45, 7) is 3.15. The van der Waals surface area contributed by atoms with Crippen molar-refractivity contribution >= 4 is 10.9 Å². The molecule has 0 saturated carbocycles. The molecule has 0 bridgehead atoms. The molecule has 0 N–H and O–H groups in total. The average Bonchev–Trinajstić information content (AvgIpc) is 2.85. The Morgan fingerprint density at radius 2 is 1.74 bits per heavy atom. The van der Waals surface area contributed by atoms with E-state index in [1.165, 1.54) is 22.2 Å². The van der Waals surface area contributed by atoms with Crippen molar-refractivity contribution in [2.24, 2.45) is 0 Å². The van der Waals surface area contributed by atoms with Crippen molar-refractivity contribution in [1.82, 2.24) is 4.57 Å². The maximum absolute atomic E-state index is 5.21. The zero-order valence-electron chi connectivity index (χ0n) is 11.3. The molecule has 2 heteroatoms. The molecule has 0 radical (unpaired) electrons. The lowest BCUT2D eigenvalue weighted by atomic mass is 10.1. The Hall–Kier alpha value is -2.22. The molecule has 0 aliphatic rings. The fourth-order valence-electron chi connectivity index (χ4n) is 2.55. The van der Waals surface area contributed by atoms with Crippen LogP contribution in [0.3, 0.4) is 0 Å². The standard InChI is InChI=1S/C17H17NO/c1-3-18-16-7-5-4-6-14(16)12-17(18)13-8-10-15(19-2)11-9-13/h4-12H,3H2,1-2H3. The van der Waals surface area contributed by atoms with Crippen LogP contribution >= 0.6 is 0 Å². The minimum atomic E-state index is 0.892. The quantitative estimate of drug-likeness (QED) is 0.675. The highest BCUT2D eigenvalue weighted by Crippen LogP contribution is 2.29. The van der Waals surface area contributed by atoms with Crippen LogP contribution in [-0.4, -0.2) is 11.7 Å². The van der Waals surface area contributed by atoms with Gasteiger partial charge in [0.1, 0.15) is 5.75 Å². The van der Waals surface area contributed by atoms with Gasteiger partial charge in [-0.15, -0.1) is 0 Å². The van der Waals surface area contributed by atoms with Crippen molar-refractivity contribution in [2.45, 2.75) is 13.5 Å². The Bertz CT molecular complexity index is 695. The first kappa shape index (κ1) is 11.8. The SMILES string of the molecule is CCn1c(-c2ccc(OC)cc2)cc2ccccc21. The maximum Gasteiger partial charge on any atom is 0.118 e. The Morgan fingerprint density at radius 3 is 2.42 bits per heavy atom. The van der Waals surface area contributed by atoms with Gasteiger partial charge in [-0.25, -0.2) is 0 Å². The molecule has 2 nitrogen and oxygen atoms in total. The number of fused-ring (bicyclic) bond motifs is 1. The van der Waals surface area contributed by atoms with E-state index in [9.17, 15) is 0 Å². The largest absolute Gasteiger partial charge is 0.497 e. The summed E-state index contributed by atoms with van der Waals surface area (Å²) in [7, 11) is 1.69. The number of nitrogens with zero attached hydrogens (tertiary/aromatic N) is 1. The summed E-state index contributed by atoms with van der Waals surface area (Å²) in [5.74, 6) is 0.892. The third-order valence-corrected chi connectivity index (χ3v) is 3.51. The van der Waals surface area contributed by atoms with Crippen molar-refractivity contribution in [3.63, 3.8) is 0 Å². The van der Waals surface area contributed by atoms with Crippen molar-refractivity contribution in [1.29, 1.82) is 0 Å². The van der Waals surface area contributed by atoms with E-state index in [0.717, 1.165) is 12.3 Å². The van der Waals surface area contributed by atoms with Crippen LogP contribution < -0.4 is 4.74 Å². The predicted molar refractivity (Wildman–Crippen MR) is 79.6 cm³/mol. The second kappa shape index (κ2) is 4.81. The van der Waals surface area contributed by atoms with Gasteiger partial charge in [0.05, 0.1) is 7.11 Å². The lowest BCUT2D eigenvalue weighted by Crippen LogP contribution is -1.96. The fourth-order valence-corrected chi connectivity index (χ4v) is 2.55. The summed E-state index contributed by atoms with van der Waals surface area (Å²) in [6.07, 6.45) is 0. The smallest absolute Gasteiger partial charge is 0.118 e. The number of aryl methyl sites for hydroxylation is 1. The Morgan fingerprint density at radius 1 is 1.00 bits per heavy atom. The number of ether oxygens (including phenoxy) is 1. The lowest BCUT2D eigenvalue weighted by molar-refractivity contribution is 0.415. The van der Waals surface area contributed by atoms with Crippen LogP contribution in [0, 0.1) is 0 Å². The van der Waals surface area contributed by atoms with Gasteiger partial charge in [0.2, 0.25) is 0 Å². The molecule has 96 valence electrons. The summed E-state index contributed by atoms with van der Waals surface area (Å²) < 4.78 is 7.56. The predicted octanol–water partition coefficient (Wildman–Crippen LogP) is 4.34. The summed E-state index contributed by atoms with van der Waals surface area (Å²) in [6, 6.07) is 19.0. The number of benzene rings is 2. The van der Waals surface area contributed by atoms with Crippen LogP contribution in [0.4, 0.5) is 0 Å². The first-order valence-electron chi connectivity index (χ1n) is 6.56. The normalized spacial score (nSPS) is 10.8. The zero-order valence-corrected chi connectivity index (χ0v) is 11.3. The molecule has 3 rings (SSSR count). The molecule has 0 spiro atoms. The molecule has 1 heterocycles. The highest BCUT2D eigenvalue weighted by atomic mass is 16.5. The number of aromatic nitrogens is 1. The van der Waals surface area contributed by atoms with E-state index in [1.54, 1.807) is 7.11 Å². The number of para-hydroxylation sites is 1. The molecule has 0 fully saturated rings. The van der Waals surface area contributed by atoms with E-state index in [-0.39, 0.29) is 0 Å². The molecule has 0 aliphatic heterocycles. The molecule has 0 aliphatic carbocycles. The van der Waals surface area contributed by atoms with Gasteiger partial charge in [-0.1, -0.05) is 18.2 Å². The van der Waals surface area contributed by atoms with Gasteiger partial charge in [0.15, 0.2) is 0 Å². The molecule has 0 amide bonds. The van der Waals surface area contributed by atoms with E-state index in [2.05, 4.69) is 54.0 Å². The van der Waals surface area contributed by atoms with Crippen molar-refractivity contribution < 1.29 is 4.74 Å². The topological polar surface area (TPSA) is 14.2 Å². The molecular weight excluding hydrogens is 234 g/mol. The summed E-state index contributed by atoms with van der Waals surface area (Å²) in [5, 5.41) is 1.29. The third kappa shape index (κ3) is 1.99. The fraction of sp³-hybridized carbons (Fsp3) is 0.176. The van der Waals surface area contributed by atoms with Crippen molar-refractivity contribution in [3.05, 3.63) is 54.6 Å². The molecule has 0 unspecified atom stereocenters. The van der Waals surface area contributed by atoms with Crippen LogP contribution in [0.15, 0.2) is 54.6 Å². The van der Waals surface area contributed by atoms with Gasteiger partial charge in [-0.05, 0) is 48.9 Å². The van der Waals surface area contributed by atoms with Crippen molar-refractivity contribution in [3.8, 4) is 17.0 Å². The third-order valence-electron chi connectivity index (χ3n) is 3.51. The van der Waals surface area contributed by atoms with Gasteiger partial charge >= 0.3 is 0 Å². The highest BCUT2D eigenvalue weighted by Gasteiger charge is 2.08. The second-order valence-corrected chi connectivity index (χ2v) is 4.56. The molecule has 0 atom stereocenters. The average molecular weight is 251 g/mol. The van der Waals surface area contributed by atoms with Gasteiger partial charge in [-0.3, -0.25) is 0 Å². The Balaban J connectivity index is 2.17. The van der Waals surface area contributed by atoms with Gasteiger partial charge in [0.25, 0.3) is 0 Å². The minimum absolute atomic E-state index is 0.892. The molecule has 2 aromatic carbocycles. The summed E-state index contributed by atoms with van der Waals surface area (Å²) >= 11 is 0. The molecule has 0 saturated heterocycles. The van der Waals surface area contributed by atoms with Gasteiger partial charge in [-0.2, -0.15) is 0 Å². The van der Waals surface area contributed by atoms with Crippen LogP contribution in [-0.2, 0) is 6.54 Å². The highest BCUT2D eigenvalue weighted by molar-refractivity contribution is 5.87.